The summed E-state index contributed by atoms with van der Waals surface area (Å²) in [6, 6.07) is 5.40. The van der Waals surface area contributed by atoms with Crippen molar-refractivity contribution in [2.75, 3.05) is 12.8 Å². The third-order valence-electron chi connectivity index (χ3n) is 2.53. The van der Waals surface area contributed by atoms with Crippen molar-refractivity contribution in [1.82, 2.24) is 5.32 Å². The Morgan fingerprint density at radius 2 is 1.89 bits per heavy atom. The Morgan fingerprint density at radius 3 is 2.39 bits per heavy atom. The molecule has 0 radical (unpaired) electrons. The van der Waals surface area contributed by atoms with Crippen LogP contribution in [0.25, 0.3) is 0 Å². The van der Waals surface area contributed by atoms with E-state index in [1.165, 1.54) is 0 Å². The molecule has 18 heavy (non-hydrogen) atoms. The Hall–Kier alpha value is -0.200. The standard InChI is InChI=1S/C12H15Br2NO2S/c1-8(18(2)17)3-4-15-12(16)9-5-10(13)7-11(14)6-9/h5-8H,3-4H2,1-2H3,(H,15,16). The molecule has 0 saturated carbocycles. The quantitative estimate of drug-likeness (QED) is 0.831. The van der Waals surface area contributed by atoms with Crippen molar-refractivity contribution in [3.8, 4) is 0 Å². The first-order valence-corrected chi connectivity index (χ1v) is 8.67. The zero-order valence-electron chi connectivity index (χ0n) is 10.2. The second-order valence-corrected chi connectivity index (χ2v) is 7.65. The van der Waals surface area contributed by atoms with Gasteiger partial charge in [-0.2, -0.15) is 0 Å². The summed E-state index contributed by atoms with van der Waals surface area (Å²) in [5.41, 5.74) is 0.599. The van der Waals surface area contributed by atoms with E-state index in [0.29, 0.717) is 18.5 Å². The maximum Gasteiger partial charge on any atom is 0.251 e. The van der Waals surface area contributed by atoms with E-state index < -0.39 is 10.8 Å². The highest BCUT2D eigenvalue weighted by atomic mass is 79.9. The smallest absolute Gasteiger partial charge is 0.251 e. The Balaban J connectivity index is 2.53. The lowest BCUT2D eigenvalue weighted by Crippen LogP contribution is -2.27. The van der Waals surface area contributed by atoms with Crippen LogP contribution in [0.3, 0.4) is 0 Å². The summed E-state index contributed by atoms with van der Waals surface area (Å²) in [6.45, 7) is 2.45. The summed E-state index contributed by atoms with van der Waals surface area (Å²) in [7, 11) is -0.843. The zero-order valence-corrected chi connectivity index (χ0v) is 14.2. The van der Waals surface area contributed by atoms with Crippen molar-refractivity contribution < 1.29 is 9.00 Å². The van der Waals surface area contributed by atoms with Gasteiger partial charge >= 0.3 is 0 Å². The van der Waals surface area contributed by atoms with Crippen LogP contribution in [0.4, 0.5) is 0 Å². The molecular formula is C12H15Br2NO2S. The average Bonchev–Trinajstić information content (AvgIpc) is 2.27. The maximum absolute atomic E-state index is 11.9. The predicted octanol–water partition coefficient (Wildman–Crippen LogP) is 3.10. The second kappa shape index (κ2) is 7.40. The fourth-order valence-corrected chi connectivity index (χ4v) is 3.09. The van der Waals surface area contributed by atoms with E-state index in [1.54, 1.807) is 18.4 Å². The molecule has 1 rings (SSSR count). The zero-order chi connectivity index (χ0) is 13.7. The molecule has 2 unspecified atom stereocenters. The maximum atomic E-state index is 11.9. The number of hydrogen-bond acceptors (Lipinski definition) is 2. The number of amides is 1. The summed E-state index contributed by atoms with van der Waals surface area (Å²) >= 11 is 6.68. The molecule has 0 heterocycles. The number of carbonyl (C=O) groups excluding carboxylic acids is 1. The molecule has 0 aliphatic heterocycles. The van der Waals surface area contributed by atoms with E-state index in [0.717, 1.165) is 8.95 Å². The SMILES string of the molecule is CC(CCNC(=O)c1cc(Br)cc(Br)c1)S(C)=O. The monoisotopic (exact) mass is 395 g/mol. The van der Waals surface area contributed by atoms with Gasteiger partial charge in [-0.15, -0.1) is 0 Å². The van der Waals surface area contributed by atoms with Crippen LogP contribution in [-0.4, -0.2) is 28.2 Å². The highest BCUT2D eigenvalue weighted by molar-refractivity contribution is 9.11. The Labute approximate surface area is 126 Å². The van der Waals surface area contributed by atoms with E-state index >= 15 is 0 Å². The number of rotatable bonds is 5. The molecule has 0 aromatic heterocycles. The number of benzene rings is 1. The highest BCUT2D eigenvalue weighted by Crippen LogP contribution is 2.20. The van der Waals surface area contributed by atoms with Crippen LogP contribution >= 0.6 is 31.9 Å². The van der Waals surface area contributed by atoms with Gasteiger partial charge in [0, 0.05) is 43.4 Å². The van der Waals surface area contributed by atoms with Gasteiger partial charge in [0.15, 0.2) is 0 Å². The molecule has 3 nitrogen and oxygen atoms in total. The molecule has 100 valence electrons. The first-order valence-electron chi connectivity index (χ1n) is 5.46. The minimum Gasteiger partial charge on any atom is -0.352 e. The lowest BCUT2D eigenvalue weighted by Gasteiger charge is -2.09. The molecule has 1 N–H and O–H groups in total. The third-order valence-corrected chi connectivity index (χ3v) is 4.81. The van der Waals surface area contributed by atoms with Gasteiger partial charge in [0.05, 0.1) is 0 Å². The molecule has 1 aromatic rings. The van der Waals surface area contributed by atoms with Gasteiger partial charge in [-0.05, 0) is 24.6 Å². The number of hydrogen-bond donors (Lipinski definition) is 1. The first kappa shape index (κ1) is 15.9. The van der Waals surface area contributed by atoms with Crippen molar-refractivity contribution in [1.29, 1.82) is 0 Å². The second-order valence-electron chi connectivity index (χ2n) is 4.01. The van der Waals surface area contributed by atoms with Gasteiger partial charge in [-0.3, -0.25) is 9.00 Å². The van der Waals surface area contributed by atoms with Crippen LogP contribution < -0.4 is 5.32 Å². The molecule has 0 bridgehead atoms. The minimum absolute atomic E-state index is 0.0968. The lowest BCUT2D eigenvalue weighted by atomic mass is 10.2. The topological polar surface area (TPSA) is 46.2 Å². The summed E-state index contributed by atoms with van der Waals surface area (Å²) < 4.78 is 12.9. The fourth-order valence-electron chi connectivity index (χ4n) is 1.34. The van der Waals surface area contributed by atoms with Crippen molar-refractivity contribution in [3.05, 3.63) is 32.7 Å². The molecule has 0 spiro atoms. The molecule has 0 aliphatic carbocycles. The van der Waals surface area contributed by atoms with E-state index in [9.17, 15) is 9.00 Å². The first-order chi connectivity index (χ1) is 8.40. The summed E-state index contributed by atoms with van der Waals surface area (Å²) in [5, 5.41) is 2.92. The van der Waals surface area contributed by atoms with Crippen LogP contribution in [0, 0.1) is 0 Å². The average molecular weight is 397 g/mol. The van der Waals surface area contributed by atoms with Crippen LogP contribution in [0.15, 0.2) is 27.1 Å². The van der Waals surface area contributed by atoms with Crippen molar-refractivity contribution in [2.24, 2.45) is 0 Å². The summed E-state index contributed by atoms with van der Waals surface area (Å²) in [6.07, 6.45) is 2.39. The predicted molar refractivity (Wildman–Crippen MR) is 82.3 cm³/mol. The number of carbonyl (C=O) groups is 1. The molecule has 2 atom stereocenters. The van der Waals surface area contributed by atoms with E-state index in [-0.39, 0.29) is 11.2 Å². The summed E-state index contributed by atoms with van der Waals surface area (Å²) in [4.78, 5) is 11.9. The highest BCUT2D eigenvalue weighted by Gasteiger charge is 2.09. The van der Waals surface area contributed by atoms with Gasteiger partial charge in [-0.1, -0.05) is 38.8 Å². The van der Waals surface area contributed by atoms with Gasteiger partial charge in [-0.25, -0.2) is 0 Å². The van der Waals surface area contributed by atoms with Crippen molar-refractivity contribution in [2.45, 2.75) is 18.6 Å². The van der Waals surface area contributed by atoms with Crippen LogP contribution in [0.5, 0.6) is 0 Å². The number of nitrogens with one attached hydrogen (secondary N) is 1. The Kier molecular flexibility index (Phi) is 6.52. The van der Waals surface area contributed by atoms with Gasteiger partial charge < -0.3 is 5.32 Å². The molecule has 1 amide bonds. The van der Waals surface area contributed by atoms with Crippen LogP contribution in [0.2, 0.25) is 0 Å². The van der Waals surface area contributed by atoms with Gasteiger partial charge in [0.1, 0.15) is 0 Å². The van der Waals surface area contributed by atoms with E-state index in [1.807, 2.05) is 13.0 Å². The largest absolute Gasteiger partial charge is 0.352 e. The lowest BCUT2D eigenvalue weighted by molar-refractivity contribution is 0.0953. The Morgan fingerprint density at radius 1 is 1.33 bits per heavy atom. The number of halogens is 2. The fraction of sp³-hybridized carbons (Fsp3) is 0.417. The minimum atomic E-state index is -0.843. The Bertz CT molecular complexity index is 445. The normalized spacial score (nSPS) is 14.0. The third kappa shape index (κ3) is 5.20. The molecule has 1 aromatic carbocycles. The molecule has 6 heteroatoms. The van der Waals surface area contributed by atoms with Crippen molar-refractivity contribution >= 4 is 48.6 Å². The molecular weight excluding hydrogens is 382 g/mol. The van der Waals surface area contributed by atoms with E-state index in [2.05, 4.69) is 37.2 Å². The molecule has 0 aliphatic rings. The van der Waals surface area contributed by atoms with Gasteiger partial charge in [0.2, 0.25) is 0 Å². The van der Waals surface area contributed by atoms with Crippen LogP contribution in [0.1, 0.15) is 23.7 Å². The van der Waals surface area contributed by atoms with Crippen LogP contribution in [-0.2, 0) is 10.8 Å². The summed E-state index contributed by atoms with van der Waals surface area (Å²) in [5.74, 6) is -0.119. The van der Waals surface area contributed by atoms with E-state index in [4.69, 9.17) is 0 Å². The molecule has 0 saturated heterocycles. The van der Waals surface area contributed by atoms with Gasteiger partial charge in [0.25, 0.3) is 5.91 Å². The van der Waals surface area contributed by atoms with Crippen molar-refractivity contribution in [3.63, 3.8) is 0 Å². The molecule has 0 fully saturated rings.